The monoisotopic (exact) mass is 219 g/mol. The quantitative estimate of drug-likeness (QED) is 0.769. The van der Waals surface area contributed by atoms with E-state index in [9.17, 15) is 0 Å². The van der Waals surface area contributed by atoms with Crippen molar-refractivity contribution in [2.45, 2.75) is 38.8 Å². The van der Waals surface area contributed by atoms with Crippen LogP contribution < -0.4 is 5.32 Å². The van der Waals surface area contributed by atoms with Crippen LogP contribution in [0.2, 0.25) is 0 Å². The number of aryl methyl sites for hydroxylation is 1. The van der Waals surface area contributed by atoms with E-state index in [-0.39, 0.29) is 0 Å². The molecule has 0 aromatic heterocycles. The molecule has 2 rings (SSSR count). The highest BCUT2D eigenvalue weighted by Crippen LogP contribution is 2.30. The molecule has 1 unspecified atom stereocenters. The molecule has 0 amide bonds. The molecule has 1 aliphatic carbocycles. The maximum atomic E-state index is 5.53. The smallest absolute Gasteiger partial charge is 0.0594 e. The summed E-state index contributed by atoms with van der Waals surface area (Å²) in [7, 11) is 0. The van der Waals surface area contributed by atoms with Crippen molar-refractivity contribution in [2.75, 3.05) is 13.2 Å². The van der Waals surface area contributed by atoms with Crippen LogP contribution in [-0.2, 0) is 11.2 Å². The van der Waals surface area contributed by atoms with Crippen molar-refractivity contribution in [3.8, 4) is 0 Å². The van der Waals surface area contributed by atoms with Crippen LogP contribution in [0.15, 0.2) is 24.3 Å². The average Bonchev–Trinajstić information content (AvgIpc) is 2.68. The number of benzene rings is 1. The van der Waals surface area contributed by atoms with Gasteiger partial charge in [0, 0.05) is 12.6 Å². The summed E-state index contributed by atoms with van der Waals surface area (Å²) in [6.45, 7) is 5.89. The van der Waals surface area contributed by atoms with Gasteiger partial charge in [-0.3, -0.25) is 0 Å². The lowest BCUT2D eigenvalue weighted by Gasteiger charge is -2.14. The first-order chi connectivity index (χ1) is 7.77. The van der Waals surface area contributed by atoms with Gasteiger partial charge in [-0.15, -0.1) is 0 Å². The van der Waals surface area contributed by atoms with Crippen LogP contribution in [0.4, 0.5) is 0 Å². The molecule has 1 aromatic carbocycles. The normalized spacial score (nSPS) is 19.1. The third-order valence-corrected chi connectivity index (χ3v) is 3.08. The first-order valence-corrected chi connectivity index (χ1v) is 6.20. The maximum absolute atomic E-state index is 5.53. The Kier molecular flexibility index (Phi) is 3.97. The minimum atomic E-state index is 0.331. The predicted octanol–water partition coefficient (Wildman–Crippen LogP) is 2.69. The van der Waals surface area contributed by atoms with Gasteiger partial charge >= 0.3 is 0 Å². The second-order valence-electron chi connectivity index (χ2n) is 4.66. The molecule has 2 nitrogen and oxygen atoms in total. The summed E-state index contributed by atoms with van der Waals surface area (Å²) in [5.74, 6) is 0. The number of hydrogen-bond donors (Lipinski definition) is 1. The summed E-state index contributed by atoms with van der Waals surface area (Å²) < 4.78 is 5.53. The Morgan fingerprint density at radius 2 is 2.19 bits per heavy atom. The zero-order valence-electron chi connectivity index (χ0n) is 10.2. The number of nitrogens with one attached hydrogen (secondary N) is 1. The number of hydrogen-bond acceptors (Lipinski definition) is 2. The van der Waals surface area contributed by atoms with Crippen molar-refractivity contribution in [1.29, 1.82) is 0 Å². The topological polar surface area (TPSA) is 21.3 Å². The van der Waals surface area contributed by atoms with Crippen molar-refractivity contribution < 1.29 is 4.74 Å². The third kappa shape index (κ3) is 2.83. The van der Waals surface area contributed by atoms with E-state index in [4.69, 9.17) is 4.74 Å². The highest BCUT2D eigenvalue weighted by Gasteiger charge is 2.20. The average molecular weight is 219 g/mol. The maximum Gasteiger partial charge on any atom is 0.0594 e. The Balaban J connectivity index is 1.80. The fraction of sp³-hybridized carbons (Fsp3) is 0.571. The summed E-state index contributed by atoms with van der Waals surface area (Å²) in [6.07, 6.45) is 2.76. The molecule has 0 saturated carbocycles. The van der Waals surface area contributed by atoms with Gasteiger partial charge in [0.05, 0.1) is 12.7 Å². The summed E-state index contributed by atoms with van der Waals surface area (Å²) in [6, 6.07) is 9.27. The summed E-state index contributed by atoms with van der Waals surface area (Å²) in [4.78, 5) is 0. The fourth-order valence-corrected chi connectivity index (χ4v) is 2.30. The van der Waals surface area contributed by atoms with Gasteiger partial charge < -0.3 is 10.1 Å². The van der Waals surface area contributed by atoms with Crippen LogP contribution in [0.1, 0.15) is 37.4 Å². The van der Waals surface area contributed by atoms with Crippen molar-refractivity contribution >= 4 is 0 Å². The Hall–Kier alpha value is -0.860. The van der Waals surface area contributed by atoms with Crippen molar-refractivity contribution in [3.05, 3.63) is 35.4 Å². The van der Waals surface area contributed by atoms with E-state index < -0.39 is 0 Å². The Labute approximate surface area is 98.0 Å². The van der Waals surface area contributed by atoms with Crippen LogP contribution in [-0.4, -0.2) is 19.3 Å². The highest BCUT2D eigenvalue weighted by molar-refractivity contribution is 5.34. The molecule has 16 heavy (non-hydrogen) atoms. The van der Waals surface area contributed by atoms with Gasteiger partial charge in [-0.05, 0) is 37.8 Å². The van der Waals surface area contributed by atoms with Gasteiger partial charge in [0.2, 0.25) is 0 Å². The van der Waals surface area contributed by atoms with Crippen molar-refractivity contribution in [1.82, 2.24) is 5.32 Å². The molecule has 0 heterocycles. The number of fused-ring (bicyclic) bond motifs is 1. The van der Waals surface area contributed by atoms with E-state index in [0.29, 0.717) is 12.1 Å². The zero-order valence-corrected chi connectivity index (χ0v) is 10.2. The highest BCUT2D eigenvalue weighted by atomic mass is 16.5. The summed E-state index contributed by atoms with van der Waals surface area (Å²) in [5.41, 5.74) is 2.98. The van der Waals surface area contributed by atoms with Crippen LogP contribution in [0, 0.1) is 0 Å². The SMILES string of the molecule is CC(C)OCCNC1CCc2ccccc21. The Morgan fingerprint density at radius 1 is 1.38 bits per heavy atom. The van der Waals surface area contributed by atoms with Crippen LogP contribution >= 0.6 is 0 Å². The van der Waals surface area contributed by atoms with Gasteiger partial charge in [-0.2, -0.15) is 0 Å². The second kappa shape index (κ2) is 5.46. The molecule has 0 spiro atoms. The van der Waals surface area contributed by atoms with Gasteiger partial charge in [0.15, 0.2) is 0 Å². The molecule has 0 aliphatic heterocycles. The van der Waals surface area contributed by atoms with Gasteiger partial charge in [-0.25, -0.2) is 0 Å². The zero-order chi connectivity index (χ0) is 11.4. The minimum Gasteiger partial charge on any atom is -0.377 e. The minimum absolute atomic E-state index is 0.331. The van der Waals surface area contributed by atoms with Crippen LogP contribution in [0.5, 0.6) is 0 Å². The fourth-order valence-electron chi connectivity index (χ4n) is 2.30. The van der Waals surface area contributed by atoms with Gasteiger partial charge in [0.25, 0.3) is 0 Å². The summed E-state index contributed by atoms with van der Waals surface area (Å²) >= 11 is 0. The molecule has 1 aromatic rings. The van der Waals surface area contributed by atoms with Crippen LogP contribution in [0.25, 0.3) is 0 Å². The molecule has 1 atom stereocenters. The molecule has 2 heteroatoms. The van der Waals surface area contributed by atoms with E-state index >= 15 is 0 Å². The lowest BCUT2D eigenvalue weighted by atomic mass is 10.1. The third-order valence-electron chi connectivity index (χ3n) is 3.08. The molecule has 0 radical (unpaired) electrons. The molecule has 1 N–H and O–H groups in total. The molecule has 0 fully saturated rings. The standard InChI is InChI=1S/C14H21NO/c1-11(2)16-10-9-15-14-8-7-12-5-3-4-6-13(12)14/h3-6,11,14-15H,7-10H2,1-2H3. The van der Waals surface area contributed by atoms with Crippen LogP contribution in [0.3, 0.4) is 0 Å². The van der Waals surface area contributed by atoms with Gasteiger partial charge in [0.1, 0.15) is 0 Å². The van der Waals surface area contributed by atoms with Crippen molar-refractivity contribution in [2.24, 2.45) is 0 Å². The van der Waals surface area contributed by atoms with E-state index in [1.165, 1.54) is 24.0 Å². The molecule has 0 bridgehead atoms. The lowest BCUT2D eigenvalue weighted by Crippen LogP contribution is -2.24. The summed E-state index contributed by atoms with van der Waals surface area (Å²) in [5, 5.41) is 3.57. The number of rotatable bonds is 5. The predicted molar refractivity (Wildman–Crippen MR) is 66.6 cm³/mol. The van der Waals surface area contributed by atoms with E-state index in [2.05, 4.69) is 43.4 Å². The first kappa shape index (κ1) is 11.6. The largest absolute Gasteiger partial charge is 0.377 e. The number of ether oxygens (including phenoxy) is 1. The Morgan fingerprint density at radius 3 is 3.00 bits per heavy atom. The Bertz CT molecular complexity index is 335. The molecular formula is C14H21NO. The second-order valence-corrected chi connectivity index (χ2v) is 4.66. The molecule has 0 saturated heterocycles. The lowest BCUT2D eigenvalue weighted by molar-refractivity contribution is 0.0793. The van der Waals surface area contributed by atoms with E-state index in [0.717, 1.165) is 13.2 Å². The van der Waals surface area contributed by atoms with E-state index in [1.807, 2.05) is 0 Å². The van der Waals surface area contributed by atoms with E-state index in [1.54, 1.807) is 0 Å². The molecule has 88 valence electrons. The van der Waals surface area contributed by atoms with Crippen molar-refractivity contribution in [3.63, 3.8) is 0 Å². The molecule has 1 aliphatic rings. The first-order valence-electron chi connectivity index (χ1n) is 6.20. The molecular weight excluding hydrogens is 198 g/mol. The van der Waals surface area contributed by atoms with Gasteiger partial charge in [-0.1, -0.05) is 24.3 Å².